The summed E-state index contributed by atoms with van der Waals surface area (Å²) in [5.41, 5.74) is 1.74. The predicted molar refractivity (Wildman–Crippen MR) is 81.6 cm³/mol. The second-order valence-electron chi connectivity index (χ2n) is 4.70. The number of anilines is 1. The third kappa shape index (κ3) is 4.51. The number of aromatic nitrogens is 2. The molecule has 0 unspecified atom stereocenters. The van der Waals surface area contributed by atoms with Crippen LogP contribution in [0.1, 0.15) is 11.3 Å². The maximum atomic E-state index is 12.1. The quantitative estimate of drug-likeness (QED) is 0.790. The van der Waals surface area contributed by atoms with Gasteiger partial charge in [0, 0.05) is 13.1 Å². The molecule has 6 nitrogen and oxygen atoms in total. The van der Waals surface area contributed by atoms with E-state index in [1.54, 1.807) is 24.3 Å². The van der Waals surface area contributed by atoms with Crippen LogP contribution in [0.4, 0.5) is 5.82 Å². The Morgan fingerprint density at radius 3 is 2.52 bits per heavy atom. The molecule has 2 rings (SSSR count). The minimum absolute atomic E-state index is 0.270. The van der Waals surface area contributed by atoms with Crippen LogP contribution in [0.15, 0.2) is 41.3 Å². The first-order valence-corrected chi connectivity index (χ1v) is 8.06. The number of sulfonamides is 1. The first-order valence-electron chi connectivity index (χ1n) is 6.58. The molecular weight excluding hydrogens is 288 g/mol. The molecule has 21 heavy (non-hydrogen) atoms. The molecule has 0 saturated heterocycles. The highest BCUT2D eigenvalue weighted by Crippen LogP contribution is 2.10. The smallest absolute Gasteiger partial charge is 0.240 e. The Morgan fingerprint density at radius 2 is 1.86 bits per heavy atom. The molecule has 0 saturated carbocycles. The molecule has 2 aromatic rings. The lowest BCUT2D eigenvalue weighted by Crippen LogP contribution is -2.29. The molecule has 0 aliphatic carbocycles. The summed E-state index contributed by atoms with van der Waals surface area (Å²) in [4.78, 5) is 0.276. The average Bonchev–Trinajstić information content (AvgIpc) is 2.45. The van der Waals surface area contributed by atoms with Gasteiger partial charge in [-0.15, -0.1) is 5.10 Å². The maximum absolute atomic E-state index is 12.1. The van der Waals surface area contributed by atoms with E-state index >= 15 is 0 Å². The Hall–Kier alpha value is -1.99. The summed E-state index contributed by atoms with van der Waals surface area (Å²) in [5, 5.41) is 10.9. The van der Waals surface area contributed by atoms with Crippen LogP contribution in [0.5, 0.6) is 0 Å². The normalized spacial score (nSPS) is 11.3. The molecule has 2 N–H and O–H groups in total. The van der Waals surface area contributed by atoms with Crippen molar-refractivity contribution >= 4 is 15.8 Å². The first kappa shape index (κ1) is 15.4. The second-order valence-corrected chi connectivity index (χ2v) is 6.47. The number of rotatable bonds is 6. The van der Waals surface area contributed by atoms with Gasteiger partial charge < -0.3 is 5.32 Å². The summed E-state index contributed by atoms with van der Waals surface area (Å²) in [7, 11) is -3.47. The third-order valence-corrected chi connectivity index (χ3v) is 4.28. The van der Waals surface area contributed by atoms with Gasteiger partial charge in [0.2, 0.25) is 10.0 Å². The third-order valence-electron chi connectivity index (χ3n) is 2.82. The Morgan fingerprint density at radius 1 is 1.05 bits per heavy atom. The molecule has 0 fully saturated rings. The van der Waals surface area contributed by atoms with Gasteiger partial charge in [0.25, 0.3) is 0 Å². The standard InChI is InChI=1S/C14H18N4O2S/c1-11-4-3-5-13(10-11)21(19,20)16-9-8-15-14-7-6-12(2)17-18-14/h3-7,10,16H,8-9H2,1-2H3,(H,15,18). The van der Waals surface area contributed by atoms with Gasteiger partial charge in [-0.2, -0.15) is 5.10 Å². The van der Waals surface area contributed by atoms with Crippen LogP contribution in [-0.2, 0) is 10.0 Å². The lowest BCUT2D eigenvalue weighted by Gasteiger charge is -2.08. The van der Waals surface area contributed by atoms with Gasteiger partial charge in [-0.3, -0.25) is 0 Å². The molecule has 7 heteroatoms. The molecule has 1 aromatic heterocycles. The summed E-state index contributed by atoms with van der Waals surface area (Å²) < 4.78 is 26.7. The van der Waals surface area contributed by atoms with Crippen molar-refractivity contribution in [1.29, 1.82) is 0 Å². The monoisotopic (exact) mass is 306 g/mol. The van der Waals surface area contributed by atoms with Crippen LogP contribution in [-0.4, -0.2) is 31.7 Å². The van der Waals surface area contributed by atoms with E-state index in [0.29, 0.717) is 12.4 Å². The molecular formula is C14H18N4O2S. The fourth-order valence-corrected chi connectivity index (χ4v) is 2.87. The Labute approximate surface area is 124 Å². The minimum Gasteiger partial charge on any atom is -0.367 e. The van der Waals surface area contributed by atoms with Gasteiger partial charge in [-0.05, 0) is 43.7 Å². The van der Waals surface area contributed by atoms with Crippen molar-refractivity contribution < 1.29 is 8.42 Å². The zero-order valence-corrected chi connectivity index (χ0v) is 12.8. The topological polar surface area (TPSA) is 84.0 Å². The molecule has 112 valence electrons. The lowest BCUT2D eigenvalue weighted by molar-refractivity contribution is 0.582. The van der Waals surface area contributed by atoms with E-state index in [4.69, 9.17) is 0 Å². The van der Waals surface area contributed by atoms with Crippen LogP contribution >= 0.6 is 0 Å². The summed E-state index contributed by atoms with van der Waals surface area (Å²) in [6.07, 6.45) is 0. The molecule has 0 radical (unpaired) electrons. The molecule has 0 spiro atoms. The van der Waals surface area contributed by atoms with Crippen molar-refractivity contribution in [3.05, 3.63) is 47.7 Å². The fourth-order valence-electron chi connectivity index (χ4n) is 1.74. The highest BCUT2D eigenvalue weighted by Gasteiger charge is 2.12. The van der Waals surface area contributed by atoms with Crippen molar-refractivity contribution in [2.45, 2.75) is 18.7 Å². The minimum atomic E-state index is -3.47. The second kappa shape index (κ2) is 6.64. The van der Waals surface area contributed by atoms with Gasteiger partial charge in [-0.25, -0.2) is 13.1 Å². The average molecular weight is 306 g/mol. The Bertz CT molecular complexity index is 699. The van der Waals surface area contributed by atoms with E-state index < -0.39 is 10.0 Å². The van der Waals surface area contributed by atoms with Crippen LogP contribution in [0.2, 0.25) is 0 Å². The zero-order chi connectivity index (χ0) is 15.3. The maximum Gasteiger partial charge on any atom is 0.240 e. The van der Waals surface area contributed by atoms with Gasteiger partial charge in [-0.1, -0.05) is 12.1 Å². The highest BCUT2D eigenvalue weighted by atomic mass is 32.2. The summed E-state index contributed by atoms with van der Waals surface area (Å²) in [6.45, 7) is 4.41. The summed E-state index contributed by atoms with van der Waals surface area (Å²) in [6, 6.07) is 10.4. The lowest BCUT2D eigenvalue weighted by atomic mass is 10.2. The van der Waals surface area contributed by atoms with Crippen molar-refractivity contribution in [2.24, 2.45) is 0 Å². The van der Waals surface area contributed by atoms with Crippen LogP contribution in [0.3, 0.4) is 0 Å². The summed E-state index contributed by atoms with van der Waals surface area (Å²) in [5.74, 6) is 0.621. The van der Waals surface area contributed by atoms with Gasteiger partial charge in [0.1, 0.15) is 5.82 Å². The van der Waals surface area contributed by atoms with E-state index in [2.05, 4.69) is 20.2 Å². The van der Waals surface area contributed by atoms with E-state index in [9.17, 15) is 8.42 Å². The van der Waals surface area contributed by atoms with E-state index in [-0.39, 0.29) is 11.4 Å². The predicted octanol–water partition coefficient (Wildman–Crippen LogP) is 1.48. The molecule has 0 aliphatic heterocycles. The van der Waals surface area contributed by atoms with E-state index in [1.807, 2.05) is 26.0 Å². The van der Waals surface area contributed by atoms with Crippen LogP contribution < -0.4 is 10.0 Å². The molecule has 1 heterocycles. The van der Waals surface area contributed by atoms with E-state index in [1.165, 1.54) is 0 Å². The number of hydrogen-bond donors (Lipinski definition) is 2. The number of aryl methyl sites for hydroxylation is 2. The number of benzene rings is 1. The Kier molecular flexibility index (Phi) is 4.87. The SMILES string of the molecule is Cc1cccc(S(=O)(=O)NCCNc2ccc(C)nn2)c1. The van der Waals surface area contributed by atoms with Crippen molar-refractivity contribution in [1.82, 2.24) is 14.9 Å². The largest absolute Gasteiger partial charge is 0.367 e. The first-order chi connectivity index (χ1) is 9.97. The van der Waals surface area contributed by atoms with Gasteiger partial charge >= 0.3 is 0 Å². The fraction of sp³-hybridized carbons (Fsp3) is 0.286. The summed E-state index contributed by atoms with van der Waals surface area (Å²) >= 11 is 0. The van der Waals surface area contributed by atoms with Crippen molar-refractivity contribution in [2.75, 3.05) is 18.4 Å². The highest BCUT2D eigenvalue weighted by molar-refractivity contribution is 7.89. The van der Waals surface area contributed by atoms with Crippen molar-refractivity contribution in [3.63, 3.8) is 0 Å². The Balaban J connectivity index is 1.86. The number of hydrogen-bond acceptors (Lipinski definition) is 5. The molecule has 0 amide bonds. The molecule has 0 aliphatic rings. The van der Waals surface area contributed by atoms with Crippen LogP contribution in [0.25, 0.3) is 0 Å². The molecule has 1 aromatic carbocycles. The molecule has 0 bridgehead atoms. The van der Waals surface area contributed by atoms with Crippen molar-refractivity contribution in [3.8, 4) is 0 Å². The number of nitrogens with zero attached hydrogens (tertiary/aromatic N) is 2. The van der Waals surface area contributed by atoms with Gasteiger partial charge in [0.15, 0.2) is 0 Å². The van der Waals surface area contributed by atoms with E-state index in [0.717, 1.165) is 11.3 Å². The van der Waals surface area contributed by atoms with Gasteiger partial charge in [0.05, 0.1) is 10.6 Å². The molecule has 0 atom stereocenters. The number of nitrogens with one attached hydrogen (secondary N) is 2. The van der Waals surface area contributed by atoms with Crippen LogP contribution in [0, 0.1) is 13.8 Å². The zero-order valence-electron chi connectivity index (χ0n) is 12.0.